The summed E-state index contributed by atoms with van der Waals surface area (Å²) in [6.07, 6.45) is 3.04. The first-order chi connectivity index (χ1) is 13.7. The molecule has 0 fully saturated rings. The Hall–Kier alpha value is -3.65. The normalized spacial score (nSPS) is 10.6. The zero-order chi connectivity index (χ0) is 19.3. The first-order valence-corrected chi connectivity index (χ1v) is 8.76. The van der Waals surface area contributed by atoms with Crippen molar-refractivity contribution in [3.05, 3.63) is 72.1 Å². The van der Waals surface area contributed by atoms with Gasteiger partial charge in [-0.25, -0.2) is 14.6 Å². The van der Waals surface area contributed by atoms with E-state index in [9.17, 15) is 4.79 Å². The lowest BCUT2D eigenvalue weighted by Gasteiger charge is -2.10. The molecule has 9 heteroatoms. The second-order valence-corrected chi connectivity index (χ2v) is 6.20. The predicted molar refractivity (Wildman–Crippen MR) is 105 cm³/mol. The van der Waals surface area contributed by atoms with Gasteiger partial charge in [0.05, 0.1) is 17.3 Å². The minimum atomic E-state index is -0.364. The number of halogens is 1. The van der Waals surface area contributed by atoms with Crippen LogP contribution < -0.4 is 15.6 Å². The number of nitrogens with one attached hydrogen (secondary N) is 2. The zero-order valence-electron chi connectivity index (χ0n) is 14.5. The molecule has 28 heavy (non-hydrogen) atoms. The van der Waals surface area contributed by atoms with E-state index in [4.69, 9.17) is 16.3 Å². The van der Waals surface area contributed by atoms with E-state index in [0.717, 1.165) is 5.69 Å². The summed E-state index contributed by atoms with van der Waals surface area (Å²) in [5, 5.41) is 5.63. The van der Waals surface area contributed by atoms with Crippen LogP contribution in [-0.4, -0.2) is 32.3 Å². The lowest BCUT2D eigenvalue weighted by Crippen LogP contribution is -2.34. The third kappa shape index (κ3) is 3.86. The summed E-state index contributed by atoms with van der Waals surface area (Å²) in [6.45, 7) is -0.161. The van der Waals surface area contributed by atoms with Gasteiger partial charge in [-0.1, -0.05) is 29.8 Å². The molecule has 0 spiro atoms. The Morgan fingerprint density at radius 2 is 1.86 bits per heavy atom. The van der Waals surface area contributed by atoms with Crippen LogP contribution in [0.4, 0.5) is 5.82 Å². The summed E-state index contributed by atoms with van der Waals surface area (Å²) in [7, 11) is 0. The molecule has 2 aromatic heterocycles. The molecule has 140 valence electrons. The second kappa shape index (κ2) is 7.93. The molecule has 2 heterocycles. The number of rotatable bonds is 6. The number of fused-ring (bicyclic) bond motifs is 1. The number of hydrazine groups is 1. The molecule has 4 aromatic rings. The molecule has 0 saturated heterocycles. The van der Waals surface area contributed by atoms with E-state index in [1.54, 1.807) is 35.1 Å². The molecule has 0 atom stereocenters. The zero-order valence-corrected chi connectivity index (χ0v) is 15.3. The summed E-state index contributed by atoms with van der Waals surface area (Å²) < 4.78 is 7.10. The van der Waals surface area contributed by atoms with Gasteiger partial charge in [0.2, 0.25) is 0 Å². The Kier molecular flexibility index (Phi) is 5.03. The molecule has 4 rings (SSSR count). The molecule has 0 aliphatic carbocycles. The molecule has 8 nitrogen and oxygen atoms in total. The van der Waals surface area contributed by atoms with Crippen molar-refractivity contribution in [2.45, 2.75) is 0 Å². The summed E-state index contributed by atoms with van der Waals surface area (Å²) in [5.41, 5.74) is 6.85. The fraction of sp³-hybridized carbons (Fsp3) is 0.0526. The minimum absolute atomic E-state index is 0.161. The molecular weight excluding hydrogens is 380 g/mol. The van der Waals surface area contributed by atoms with E-state index in [1.807, 2.05) is 30.3 Å². The first kappa shape index (κ1) is 17.7. The monoisotopic (exact) mass is 394 g/mol. The molecule has 2 N–H and O–H groups in total. The van der Waals surface area contributed by atoms with Crippen molar-refractivity contribution < 1.29 is 9.53 Å². The van der Waals surface area contributed by atoms with Crippen LogP contribution in [-0.2, 0) is 4.79 Å². The molecule has 0 radical (unpaired) electrons. The van der Waals surface area contributed by atoms with Gasteiger partial charge in [0.25, 0.3) is 5.91 Å². The highest BCUT2D eigenvalue weighted by Gasteiger charge is 2.11. The topological polar surface area (TPSA) is 94.0 Å². The van der Waals surface area contributed by atoms with Gasteiger partial charge >= 0.3 is 0 Å². The van der Waals surface area contributed by atoms with Crippen LogP contribution >= 0.6 is 11.6 Å². The standard InChI is InChI=1S/C19H15ClN6O2/c20-13-6-8-15(9-7-13)28-11-17(27)24-25-18-16-10-23-26(19(16)22-12-21-18)14-4-2-1-3-5-14/h1-10,12H,11H2,(H,24,27)(H,21,22,25). The maximum absolute atomic E-state index is 12.0. The predicted octanol–water partition coefficient (Wildman–Crippen LogP) is 2.99. The SMILES string of the molecule is O=C(COc1ccc(Cl)cc1)NNc1ncnc2c1cnn2-c1ccccc1. The van der Waals surface area contributed by atoms with Crippen LogP contribution in [0.3, 0.4) is 0 Å². The molecule has 1 amide bonds. The summed E-state index contributed by atoms with van der Waals surface area (Å²) in [5.74, 6) is 0.623. The van der Waals surface area contributed by atoms with E-state index >= 15 is 0 Å². The first-order valence-electron chi connectivity index (χ1n) is 8.38. The molecule has 2 aromatic carbocycles. The lowest BCUT2D eigenvalue weighted by atomic mass is 10.3. The van der Waals surface area contributed by atoms with Crippen molar-refractivity contribution in [1.82, 2.24) is 25.2 Å². The molecule has 0 aliphatic heterocycles. The average molecular weight is 395 g/mol. The van der Waals surface area contributed by atoms with E-state index in [0.29, 0.717) is 27.6 Å². The average Bonchev–Trinajstić information content (AvgIpc) is 3.17. The number of aromatic nitrogens is 4. The van der Waals surface area contributed by atoms with E-state index < -0.39 is 0 Å². The highest BCUT2D eigenvalue weighted by Crippen LogP contribution is 2.21. The van der Waals surface area contributed by atoms with Gasteiger partial charge in [-0.05, 0) is 36.4 Å². The number of hydrogen-bond acceptors (Lipinski definition) is 6. The van der Waals surface area contributed by atoms with Crippen molar-refractivity contribution in [3.8, 4) is 11.4 Å². The summed E-state index contributed by atoms with van der Waals surface area (Å²) in [6, 6.07) is 16.4. The maximum Gasteiger partial charge on any atom is 0.276 e. The van der Waals surface area contributed by atoms with Crippen LogP contribution in [0.15, 0.2) is 67.1 Å². The van der Waals surface area contributed by atoms with Crippen LogP contribution in [0.2, 0.25) is 5.02 Å². The number of nitrogens with zero attached hydrogens (tertiary/aromatic N) is 4. The van der Waals surface area contributed by atoms with Crippen LogP contribution in [0, 0.1) is 0 Å². The summed E-state index contributed by atoms with van der Waals surface area (Å²) in [4.78, 5) is 20.5. The van der Waals surface area contributed by atoms with E-state index in [2.05, 4.69) is 25.9 Å². The van der Waals surface area contributed by atoms with Crippen molar-refractivity contribution >= 4 is 34.4 Å². The fourth-order valence-corrected chi connectivity index (χ4v) is 2.67. The Morgan fingerprint density at radius 3 is 2.64 bits per heavy atom. The van der Waals surface area contributed by atoms with E-state index in [1.165, 1.54) is 6.33 Å². The lowest BCUT2D eigenvalue weighted by molar-refractivity contribution is -0.122. The van der Waals surface area contributed by atoms with Crippen LogP contribution in [0.1, 0.15) is 0 Å². The van der Waals surface area contributed by atoms with Gasteiger partial charge < -0.3 is 4.74 Å². The van der Waals surface area contributed by atoms with Gasteiger partial charge in [-0.3, -0.25) is 15.6 Å². The number of ether oxygens (including phenoxy) is 1. The number of benzene rings is 2. The molecule has 0 aliphatic rings. The third-order valence-corrected chi connectivity index (χ3v) is 4.12. The molecule has 0 saturated carbocycles. The minimum Gasteiger partial charge on any atom is -0.484 e. The van der Waals surface area contributed by atoms with Gasteiger partial charge in [-0.15, -0.1) is 0 Å². The maximum atomic E-state index is 12.0. The van der Waals surface area contributed by atoms with Gasteiger partial charge in [0, 0.05) is 5.02 Å². The largest absolute Gasteiger partial charge is 0.484 e. The van der Waals surface area contributed by atoms with E-state index in [-0.39, 0.29) is 12.5 Å². The molecular formula is C19H15ClN6O2. The fourth-order valence-electron chi connectivity index (χ4n) is 2.55. The van der Waals surface area contributed by atoms with Crippen molar-refractivity contribution in [1.29, 1.82) is 0 Å². The molecule has 0 bridgehead atoms. The van der Waals surface area contributed by atoms with Gasteiger partial charge in [0.1, 0.15) is 12.1 Å². The number of carbonyl (C=O) groups is 1. The number of hydrogen-bond donors (Lipinski definition) is 2. The van der Waals surface area contributed by atoms with Crippen LogP contribution in [0.25, 0.3) is 16.7 Å². The number of anilines is 1. The Balaban J connectivity index is 1.43. The highest BCUT2D eigenvalue weighted by atomic mass is 35.5. The van der Waals surface area contributed by atoms with Crippen molar-refractivity contribution in [2.75, 3.05) is 12.0 Å². The van der Waals surface area contributed by atoms with Crippen molar-refractivity contribution in [2.24, 2.45) is 0 Å². The second-order valence-electron chi connectivity index (χ2n) is 5.77. The van der Waals surface area contributed by atoms with Crippen LogP contribution in [0.5, 0.6) is 5.75 Å². The number of amides is 1. The quantitative estimate of drug-likeness (QED) is 0.488. The summed E-state index contributed by atoms with van der Waals surface area (Å²) >= 11 is 5.82. The third-order valence-electron chi connectivity index (χ3n) is 3.87. The highest BCUT2D eigenvalue weighted by molar-refractivity contribution is 6.30. The van der Waals surface area contributed by atoms with Crippen molar-refractivity contribution in [3.63, 3.8) is 0 Å². The Bertz CT molecular complexity index is 1100. The number of para-hydroxylation sites is 1. The van der Waals surface area contributed by atoms with Gasteiger partial charge in [-0.2, -0.15) is 5.10 Å². The molecule has 0 unspecified atom stereocenters. The Labute approximate surface area is 165 Å². The number of carbonyl (C=O) groups excluding carboxylic acids is 1. The Morgan fingerprint density at radius 1 is 1.07 bits per heavy atom. The smallest absolute Gasteiger partial charge is 0.276 e. The van der Waals surface area contributed by atoms with Gasteiger partial charge in [0.15, 0.2) is 18.1 Å².